The van der Waals surface area contributed by atoms with Crippen molar-refractivity contribution in [3.8, 4) is 11.5 Å². The van der Waals surface area contributed by atoms with Crippen LogP contribution in [0.25, 0.3) is 0 Å². The van der Waals surface area contributed by atoms with Crippen molar-refractivity contribution >= 4 is 24.2 Å². The van der Waals surface area contributed by atoms with Gasteiger partial charge in [-0.1, -0.05) is 113 Å². The molecule has 50 heavy (non-hydrogen) atoms. The average molecular weight is 677 g/mol. The van der Waals surface area contributed by atoms with E-state index in [1.54, 1.807) is 31.2 Å². The Bertz CT molecular complexity index is 1650. The fourth-order valence-electron chi connectivity index (χ4n) is 5.72. The van der Waals surface area contributed by atoms with Crippen LogP contribution in [0.1, 0.15) is 76.1 Å². The van der Waals surface area contributed by atoms with Gasteiger partial charge in [0.25, 0.3) is 0 Å². The molecule has 0 spiro atoms. The van der Waals surface area contributed by atoms with Gasteiger partial charge in [-0.25, -0.2) is 24.2 Å². The fourth-order valence-corrected chi connectivity index (χ4v) is 5.72. The van der Waals surface area contributed by atoms with Crippen molar-refractivity contribution in [3.05, 3.63) is 131 Å². The Kier molecular flexibility index (Phi) is 12.8. The number of amides is 2. The van der Waals surface area contributed by atoms with E-state index in [9.17, 15) is 19.2 Å². The van der Waals surface area contributed by atoms with Crippen molar-refractivity contribution in [3.63, 3.8) is 0 Å². The van der Waals surface area contributed by atoms with Crippen LogP contribution < -0.4 is 9.47 Å². The Morgan fingerprint density at radius 2 is 1.08 bits per heavy atom. The zero-order valence-corrected chi connectivity index (χ0v) is 29.3. The molecule has 0 N–H and O–H groups in total. The number of ether oxygens (including phenoxy) is 3. The standard InChI is InChI=1S/C41H44N2O7/c1-6-48-37(45)36(19-13-14-28-42-29-44)43(38(46)49-34-24-20-32(21-25-34)40(2,3)30-15-9-7-10-16-30)39(47)50-35-26-22-33(23-27-35)41(4,5)31-17-11-8-12-18-31/h7-12,15-18,20-27,36H,6,13-14,19,28H2,1-5H3. The lowest BCUT2D eigenvalue weighted by molar-refractivity contribution is -0.148. The summed E-state index contributed by atoms with van der Waals surface area (Å²) in [5, 5.41) is 0. The molecule has 0 aliphatic carbocycles. The van der Waals surface area contributed by atoms with Crippen molar-refractivity contribution in [2.45, 2.75) is 70.8 Å². The van der Waals surface area contributed by atoms with Gasteiger partial charge in [0.1, 0.15) is 17.5 Å². The molecular formula is C41H44N2O7. The molecule has 0 heterocycles. The number of carbonyl (C=O) groups is 3. The number of hydrogen-bond donors (Lipinski definition) is 0. The molecule has 0 aliphatic rings. The summed E-state index contributed by atoms with van der Waals surface area (Å²) in [6, 6.07) is 32.7. The van der Waals surface area contributed by atoms with Crippen molar-refractivity contribution in [2.24, 2.45) is 4.99 Å². The number of imide groups is 1. The highest BCUT2D eigenvalue weighted by atomic mass is 16.6. The van der Waals surface area contributed by atoms with E-state index in [2.05, 4.69) is 57.0 Å². The third kappa shape index (κ3) is 9.33. The zero-order chi connectivity index (χ0) is 36.1. The van der Waals surface area contributed by atoms with E-state index in [1.165, 1.54) is 6.08 Å². The van der Waals surface area contributed by atoms with Crippen LogP contribution in [0.4, 0.5) is 9.59 Å². The molecule has 0 saturated heterocycles. The lowest BCUT2D eigenvalue weighted by atomic mass is 9.78. The van der Waals surface area contributed by atoms with Gasteiger partial charge < -0.3 is 14.2 Å². The third-order valence-electron chi connectivity index (χ3n) is 8.88. The van der Waals surface area contributed by atoms with Crippen molar-refractivity contribution in [2.75, 3.05) is 13.2 Å². The first-order valence-corrected chi connectivity index (χ1v) is 16.7. The smallest absolute Gasteiger partial charge is 0.425 e. The molecule has 9 nitrogen and oxygen atoms in total. The molecule has 1 unspecified atom stereocenters. The summed E-state index contributed by atoms with van der Waals surface area (Å²) >= 11 is 0. The first-order valence-electron chi connectivity index (χ1n) is 16.7. The highest BCUT2D eigenvalue weighted by Crippen LogP contribution is 2.34. The number of nitrogens with zero attached hydrogens (tertiary/aromatic N) is 2. The summed E-state index contributed by atoms with van der Waals surface area (Å²) in [7, 11) is 0. The maximum atomic E-state index is 13.8. The van der Waals surface area contributed by atoms with Crippen LogP contribution in [0.3, 0.4) is 0 Å². The Labute approximate surface area is 293 Å². The molecule has 2 amide bonds. The summed E-state index contributed by atoms with van der Waals surface area (Å²) in [6.07, 6.45) is 0.0761. The monoisotopic (exact) mass is 676 g/mol. The van der Waals surface area contributed by atoms with E-state index in [0.29, 0.717) is 17.7 Å². The molecule has 0 fully saturated rings. The van der Waals surface area contributed by atoms with Crippen LogP contribution in [0.5, 0.6) is 11.5 Å². The van der Waals surface area contributed by atoms with Gasteiger partial charge >= 0.3 is 18.2 Å². The number of unbranched alkanes of at least 4 members (excludes halogenated alkanes) is 1. The van der Waals surface area contributed by atoms with E-state index < -0.39 is 24.2 Å². The van der Waals surface area contributed by atoms with E-state index in [-0.39, 0.29) is 41.9 Å². The molecule has 0 bridgehead atoms. The van der Waals surface area contributed by atoms with Gasteiger partial charge in [-0.3, -0.25) is 0 Å². The minimum absolute atomic E-state index is 0.0278. The maximum absolute atomic E-state index is 13.8. The lowest BCUT2D eigenvalue weighted by Crippen LogP contribution is -2.51. The Morgan fingerprint density at radius 3 is 1.48 bits per heavy atom. The molecule has 0 saturated carbocycles. The number of aliphatic imine (C=N–C) groups is 1. The fraction of sp³-hybridized carbons (Fsp3) is 0.317. The second kappa shape index (κ2) is 17.2. The largest absolute Gasteiger partial charge is 0.464 e. The lowest BCUT2D eigenvalue weighted by Gasteiger charge is -2.28. The summed E-state index contributed by atoms with van der Waals surface area (Å²) in [5.41, 5.74) is 3.56. The van der Waals surface area contributed by atoms with E-state index in [0.717, 1.165) is 22.3 Å². The normalized spacial score (nSPS) is 11.9. The highest BCUT2D eigenvalue weighted by Gasteiger charge is 2.39. The van der Waals surface area contributed by atoms with Gasteiger partial charge in [-0.05, 0) is 72.7 Å². The number of hydrogen-bond acceptors (Lipinski definition) is 8. The number of benzene rings is 4. The Balaban J connectivity index is 1.60. The molecule has 9 heteroatoms. The second-order valence-corrected chi connectivity index (χ2v) is 12.9. The van der Waals surface area contributed by atoms with Gasteiger partial charge in [-0.15, -0.1) is 0 Å². The minimum atomic E-state index is -1.36. The van der Waals surface area contributed by atoms with Crippen molar-refractivity contribution in [1.29, 1.82) is 0 Å². The number of esters is 1. The Morgan fingerprint density at radius 1 is 0.660 bits per heavy atom. The summed E-state index contributed by atoms with van der Waals surface area (Å²) in [4.78, 5) is 55.6. The molecule has 1 atom stereocenters. The summed E-state index contributed by atoms with van der Waals surface area (Å²) in [5.74, 6) is -0.438. The first-order chi connectivity index (χ1) is 24.0. The highest BCUT2D eigenvalue weighted by molar-refractivity contribution is 5.95. The van der Waals surface area contributed by atoms with E-state index in [4.69, 9.17) is 14.2 Å². The van der Waals surface area contributed by atoms with Crippen molar-refractivity contribution in [1.82, 2.24) is 4.90 Å². The van der Waals surface area contributed by atoms with Gasteiger partial charge in [-0.2, -0.15) is 4.90 Å². The first kappa shape index (κ1) is 37.3. The number of carbonyl (C=O) groups excluding carboxylic acids is 4. The topological polar surface area (TPSA) is 112 Å². The van der Waals surface area contributed by atoms with Crippen LogP contribution in [-0.2, 0) is 25.2 Å². The summed E-state index contributed by atoms with van der Waals surface area (Å²) in [6.45, 7) is 10.2. The molecule has 260 valence electrons. The van der Waals surface area contributed by atoms with Crippen molar-refractivity contribution < 1.29 is 33.4 Å². The van der Waals surface area contributed by atoms with Crippen LogP contribution in [0.15, 0.2) is 114 Å². The average Bonchev–Trinajstić information content (AvgIpc) is 3.12. The predicted octanol–water partition coefficient (Wildman–Crippen LogP) is 8.78. The molecule has 0 aliphatic heterocycles. The quantitative estimate of drug-likeness (QED) is 0.0568. The molecule has 0 radical (unpaired) electrons. The van der Waals surface area contributed by atoms with Gasteiger partial charge in [0, 0.05) is 10.8 Å². The van der Waals surface area contributed by atoms with Crippen LogP contribution in [-0.4, -0.2) is 48.3 Å². The van der Waals surface area contributed by atoms with Crippen LogP contribution in [0, 0.1) is 0 Å². The maximum Gasteiger partial charge on any atom is 0.425 e. The molecule has 4 aromatic carbocycles. The number of isocyanates is 1. The van der Waals surface area contributed by atoms with Gasteiger partial charge in [0.15, 0.2) is 0 Å². The second-order valence-electron chi connectivity index (χ2n) is 12.9. The van der Waals surface area contributed by atoms with E-state index >= 15 is 0 Å². The predicted molar refractivity (Wildman–Crippen MR) is 191 cm³/mol. The zero-order valence-electron chi connectivity index (χ0n) is 29.3. The summed E-state index contributed by atoms with van der Waals surface area (Å²) < 4.78 is 16.6. The van der Waals surface area contributed by atoms with E-state index in [1.807, 2.05) is 60.7 Å². The Hall–Kier alpha value is -5.53. The SMILES string of the molecule is CCOC(=O)C(CCCCN=C=O)N(C(=O)Oc1ccc(C(C)(C)c2ccccc2)cc1)C(=O)Oc1ccc(C(C)(C)c2ccccc2)cc1. The van der Waals surface area contributed by atoms with Crippen LogP contribution in [0.2, 0.25) is 0 Å². The van der Waals surface area contributed by atoms with Gasteiger partial charge in [0.2, 0.25) is 6.08 Å². The molecule has 4 aromatic rings. The minimum Gasteiger partial charge on any atom is -0.464 e. The molecule has 4 rings (SSSR count). The van der Waals surface area contributed by atoms with Crippen LogP contribution >= 0.6 is 0 Å². The molecular weight excluding hydrogens is 632 g/mol. The number of rotatable bonds is 14. The molecule has 0 aromatic heterocycles. The third-order valence-corrected chi connectivity index (χ3v) is 8.88. The van der Waals surface area contributed by atoms with Gasteiger partial charge in [0.05, 0.1) is 13.2 Å².